The van der Waals surface area contributed by atoms with Crippen LogP contribution in [-0.2, 0) is 4.79 Å². The van der Waals surface area contributed by atoms with Crippen molar-refractivity contribution in [2.45, 2.75) is 62.9 Å². The number of pyridine rings is 1. The minimum atomic E-state index is -0.560. The first-order valence-electron chi connectivity index (χ1n) is 12.6. The molecule has 194 valence electrons. The van der Waals surface area contributed by atoms with Gasteiger partial charge in [-0.05, 0) is 51.5 Å². The Balaban J connectivity index is 1.11. The van der Waals surface area contributed by atoms with E-state index in [0.717, 1.165) is 31.9 Å². The lowest BCUT2D eigenvalue weighted by atomic mass is 9.87. The second-order valence-electron chi connectivity index (χ2n) is 10.2. The molecule has 1 saturated heterocycles. The van der Waals surface area contributed by atoms with Crippen molar-refractivity contribution in [2.75, 3.05) is 13.7 Å². The van der Waals surface area contributed by atoms with E-state index in [9.17, 15) is 14.0 Å². The Hall–Kier alpha value is -3.83. The number of halogens is 1. The number of piperidine rings is 1. The van der Waals surface area contributed by atoms with Gasteiger partial charge in [-0.15, -0.1) is 10.2 Å². The molecule has 3 aliphatic rings. The number of amides is 2. The summed E-state index contributed by atoms with van der Waals surface area (Å²) in [6.45, 7) is 2.29. The second-order valence-corrected chi connectivity index (χ2v) is 10.2. The van der Waals surface area contributed by atoms with Gasteiger partial charge >= 0.3 is 0 Å². The van der Waals surface area contributed by atoms with Gasteiger partial charge in [0.1, 0.15) is 11.7 Å². The first-order valence-corrected chi connectivity index (χ1v) is 12.6. The monoisotopic (exact) mass is 509 g/mol. The average Bonchev–Trinajstić information content (AvgIpc) is 3.78. The Morgan fingerprint density at radius 2 is 2.08 bits per heavy atom. The Morgan fingerprint density at radius 1 is 1.27 bits per heavy atom. The Kier molecular flexibility index (Phi) is 5.68. The zero-order chi connectivity index (χ0) is 25.7. The third kappa shape index (κ3) is 4.44. The summed E-state index contributed by atoms with van der Waals surface area (Å²) in [5.41, 5.74) is 0.412. The third-order valence-electron chi connectivity index (χ3n) is 7.58. The highest BCUT2D eigenvalue weighted by Crippen LogP contribution is 2.50. The van der Waals surface area contributed by atoms with Crippen LogP contribution < -0.4 is 10.1 Å². The number of carbonyl (C=O) groups is 2. The van der Waals surface area contributed by atoms with Crippen LogP contribution in [0.4, 0.5) is 4.39 Å². The molecule has 2 saturated carbocycles. The van der Waals surface area contributed by atoms with Gasteiger partial charge in [-0.1, -0.05) is 0 Å². The maximum atomic E-state index is 14.3. The molecule has 2 atom stereocenters. The highest BCUT2D eigenvalue weighted by atomic mass is 19.1. The molecule has 3 aromatic heterocycles. The fraction of sp³-hybridized carbons (Fsp3) is 0.520. The van der Waals surface area contributed by atoms with Crippen molar-refractivity contribution in [1.82, 2.24) is 35.6 Å². The Bertz CT molecular complexity index is 1350. The van der Waals surface area contributed by atoms with Crippen LogP contribution in [0.3, 0.4) is 0 Å². The number of rotatable bonds is 7. The van der Waals surface area contributed by atoms with Crippen LogP contribution in [0.5, 0.6) is 5.88 Å². The van der Waals surface area contributed by atoms with E-state index < -0.39 is 5.82 Å². The van der Waals surface area contributed by atoms with Crippen molar-refractivity contribution in [1.29, 1.82) is 0 Å². The third-order valence-corrected chi connectivity index (χ3v) is 7.58. The van der Waals surface area contributed by atoms with E-state index in [1.807, 2.05) is 11.8 Å². The number of methoxy groups -OCH3 is 1. The van der Waals surface area contributed by atoms with Crippen LogP contribution >= 0.6 is 0 Å². The van der Waals surface area contributed by atoms with Gasteiger partial charge in [-0.3, -0.25) is 14.7 Å². The van der Waals surface area contributed by atoms with Crippen LogP contribution in [0, 0.1) is 11.7 Å². The number of likely N-dealkylation sites (tertiary alicyclic amines) is 1. The van der Waals surface area contributed by atoms with Gasteiger partial charge in [-0.25, -0.2) is 9.37 Å². The van der Waals surface area contributed by atoms with E-state index in [1.165, 1.54) is 19.2 Å². The van der Waals surface area contributed by atoms with E-state index in [4.69, 9.17) is 9.15 Å². The lowest BCUT2D eigenvalue weighted by molar-refractivity contribution is -0.128. The number of aromatic nitrogens is 5. The van der Waals surface area contributed by atoms with Crippen LogP contribution in [0.1, 0.15) is 79.7 Å². The first-order chi connectivity index (χ1) is 17.9. The minimum absolute atomic E-state index is 0.0667. The van der Waals surface area contributed by atoms with Gasteiger partial charge in [0, 0.05) is 35.5 Å². The minimum Gasteiger partial charge on any atom is -0.481 e. The zero-order valence-corrected chi connectivity index (χ0v) is 20.7. The number of aromatic amines is 1. The summed E-state index contributed by atoms with van der Waals surface area (Å²) < 4.78 is 25.1. The van der Waals surface area contributed by atoms with E-state index in [0.29, 0.717) is 42.8 Å². The number of ether oxygens (including phenoxy) is 1. The van der Waals surface area contributed by atoms with Gasteiger partial charge in [0.15, 0.2) is 5.82 Å². The molecule has 2 aliphatic carbocycles. The summed E-state index contributed by atoms with van der Waals surface area (Å²) in [5, 5.41) is 18.1. The summed E-state index contributed by atoms with van der Waals surface area (Å²) in [7, 11) is 1.44. The quantitative estimate of drug-likeness (QED) is 0.495. The average molecular weight is 510 g/mol. The molecular formula is C25H28FN7O4. The molecule has 37 heavy (non-hydrogen) atoms. The SMILES string of the molecule is COc1cc(-c2cc(C(=O)N3CC[C@H](C(=O)N[C@H](C)c4nnc(C5CC5)o4)CC34CC4)[nH]n2)c(F)cn1. The first kappa shape index (κ1) is 23.6. The number of nitrogens with zero attached hydrogens (tertiary/aromatic N) is 5. The predicted molar refractivity (Wildman–Crippen MR) is 127 cm³/mol. The van der Waals surface area contributed by atoms with Crippen molar-refractivity contribution in [2.24, 2.45) is 5.92 Å². The van der Waals surface area contributed by atoms with E-state index in [2.05, 4.69) is 30.7 Å². The molecule has 3 aromatic rings. The lowest BCUT2D eigenvalue weighted by Gasteiger charge is -2.39. The van der Waals surface area contributed by atoms with Crippen molar-refractivity contribution in [3.63, 3.8) is 0 Å². The second kappa shape index (κ2) is 8.93. The largest absolute Gasteiger partial charge is 0.481 e. The molecule has 0 radical (unpaired) electrons. The molecule has 11 nitrogen and oxygen atoms in total. The van der Waals surface area contributed by atoms with E-state index in [-0.39, 0.29) is 46.5 Å². The number of H-pyrrole nitrogens is 1. The van der Waals surface area contributed by atoms with Gasteiger partial charge in [0.05, 0.1) is 19.0 Å². The van der Waals surface area contributed by atoms with Crippen LogP contribution in [-0.4, -0.2) is 61.3 Å². The lowest BCUT2D eigenvalue weighted by Crippen LogP contribution is -2.51. The standard InChI is InChI=1S/C25H28FN7O4/c1-13(22-31-32-23(37-22)14-3-4-14)28-21(34)15-5-8-33(25(11-15)6-7-25)24(35)19-10-18(29-30-19)16-9-20(36-2)27-12-17(16)26/h9-10,12-15H,3-8,11H2,1-2H3,(H,28,34)(H,29,30)/t13-,15+/m1/s1. The molecule has 0 unspecified atom stereocenters. The molecule has 0 aromatic carbocycles. The van der Waals surface area contributed by atoms with Crippen molar-refractivity contribution in [3.05, 3.63) is 41.6 Å². The molecule has 2 amide bonds. The van der Waals surface area contributed by atoms with Gasteiger partial charge < -0.3 is 19.4 Å². The summed E-state index contributed by atoms with van der Waals surface area (Å²) in [6, 6.07) is 2.60. The van der Waals surface area contributed by atoms with Gasteiger partial charge in [-0.2, -0.15) is 5.10 Å². The molecule has 0 bridgehead atoms. The molecule has 1 spiro atoms. The fourth-order valence-corrected chi connectivity index (χ4v) is 5.10. The van der Waals surface area contributed by atoms with E-state index in [1.54, 1.807) is 0 Å². The number of carbonyl (C=O) groups excluding carboxylic acids is 2. The number of hydrogen-bond donors (Lipinski definition) is 2. The number of hydrogen-bond acceptors (Lipinski definition) is 8. The van der Waals surface area contributed by atoms with Crippen molar-refractivity contribution < 1.29 is 23.1 Å². The highest BCUT2D eigenvalue weighted by molar-refractivity contribution is 5.94. The molecule has 2 N–H and O–H groups in total. The van der Waals surface area contributed by atoms with Gasteiger partial charge in [0.25, 0.3) is 5.91 Å². The van der Waals surface area contributed by atoms with Crippen LogP contribution in [0.2, 0.25) is 0 Å². The molecule has 12 heteroatoms. The summed E-state index contributed by atoms with van der Waals surface area (Å²) >= 11 is 0. The topological polar surface area (TPSA) is 139 Å². The molecule has 3 fully saturated rings. The maximum Gasteiger partial charge on any atom is 0.272 e. The van der Waals surface area contributed by atoms with Crippen molar-refractivity contribution >= 4 is 11.8 Å². The smallest absolute Gasteiger partial charge is 0.272 e. The normalized spacial score (nSPS) is 21.1. The molecule has 6 rings (SSSR count). The Morgan fingerprint density at radius 3 is 2.81 bits per heavy atom. The molecule has 1 aliphatic heterocycles. The summed E-state index contributed by atoms with van der Waals surface area (Å²) in [4.78, 5) is 32.1. The molecular weight excluding hydrogens is 481 g/mol. The predicted octanol–water partition coefficient (Wildman–Crippen LogP) is 3.14. The van der Waals surface area contributed by atoms with Gasteiger partial charge in [0.2, 0.25) is 23.6 Å². The van der Waals surface area contributed by atoms with Crippen LogP contribution in [0.25, 0.3) is 11.3 Å². The number of nitrogens with one attached hydrogen (secondary N) is 2. The summed E-state index contributed by atoms with van der Waals surface area (Å²) in [6.07, 6.45) is 6.00. The fourth-order valence-electron chi connectivity index (χ4n) is 5.10. The summed E-state index contributed by atoms with van der Waals surface area (Å²) in [5.74, 6) is 0.631. The maximum absolute atomic E-state index is 14.3. The highest BCUT2D eigenvalue weighted by Gasteiger charge is 2.54. The van der Waals surface area contributed by atoms with Crippen molar-refractivity contribution in [3.8, 4) is 17.1 Å². The zero-order valence-electron chi connectivity index (χ0n) is 20.7. The van der Waals surface area contributed by atoms with Crippen LogP contribution in [0.15, 0.2) is 22.7 Å². The van der Waals surface area contributed by atoms with E-state index >= 15 is 0 Å². The molecule has 4 heterocycles. The Labute approximate surface area is 212 Å².